The Kier molecular flexibility index (Phi) is 5.72. The number of hydrogen-bond acceptors (Lipinski definition) is 4. The fourth-order valence-electron chi connectivity index (χ4n) is 2.82. The second kappa shape index (κ2) is 8.22. The summed E-state index contributed by atoms with van der Waals surface area (Å²) in [6.45, 7) is 4.92. The van der Waals surface area contributed by atoms with Crippen LogP contribution in [0.5, 0.6) is 0 Å². The van der Waals surface area contributed by atoms with Crippen LogP contribution in [0.15, 0.2) is 42.5 Å². The van der Waals surface area contributed by atoms with Crippen molar-refractivity contribution in [3.05, 3.63) is 76.6 Å². The number of hydrogen-bond donors (Lipinski definition) is 1. The summed E-state index contributed by atoms with van der Waals surface area (Å²) in [6, 6.07) is 10.1. The van der Waals surface area contributed by atoms with Crippen LogP contribution in [0.2, 0.25) is 0 Å². The molecule has 8 heteroatoms. The van der Waals surface area contributed by atoms with Crippen LogP contribution in [0.25, 0.3) is 5.69 Å². The molecule has 29 heavy (non-hydrogen) atoms. The number of carbonyl (C=O) groups excluding carboxylic acids is 2. The number of anilines is 1. The molecule has 2 aromatic carbocycles. The van der Waals surface area contributed by atoms with Gasteiger partial charge in [-0.3, -0.25) is 4.79 Å². The Hall–Kier alpha value is -3.55. The molecule has 0 spiro atoms. The van der Waals surface area contributed by atoms with Crippen LogP contribution in [0.1, 0.15) is 27.3 Å². The van der Waals surface area contributed by atoms with Gasteiger partial charge in [-0.05, 0) is 45.0 Å². The molecule has 0 bridgehead atoms. The topological polar surface area (TPSA) is 73.2 Å². The van der Waals surface area contributed by atoms with E-state index in [9.17, 15) is 18.4 Å². The van der Waals surface area contributed by atoms with Crippen molar-refractivity contribution < 1.29 is 23.1 Å². The van der Waals surface area contributed by atoms with E-state index < -0.39 is 30.1 Å². The number of carbonyl (C=O) groups is 2. The van der Waals surface area contributed by atoms with E-state index in [0.717, 1.165) is 23.4 Å². The lowest BCUT2D eigenvalue weighted by molar-refractivity contribution is -0.119. The lowest BCUT2D eigenvalue weighted by Crippen LogP contribution is -2.21. The predicted octanol–water partition coefficient (Wildman–Crippen LogP) is 3.87. The lowest BCUT2D eigenvalue weighted by Gasteiger charge is -2.08. The molecule has 1 heterocycles. The normalized spacial score (nSPS) is 10.7. The predicted molar refractivity (Wildman–Crippen MR) is 103 cm³/mol. The summed E-state index contributed by atoms with van der Waals surface area (Å²) in [5.41, 5.74) is 3.45. The van der Waals surface area contributed by atoms with Gasteiger partial charge < -0.3 is 10.1 Å². The first kappa shape index (κ1) is 20.2. The maximum atomic E-state index is 13.2. The number of aromatic nitrogens is 2. The van der Waals surface area contributed by atoms with Crippen molar-refractivity contribution in [2.24, 2.45) is 0 Å². The van der Waals surface area contributed by atoms with Crippen molar-refractivity contribution in [2.75, 3.05) is 11.9 Å². The molecule has 0 radical (unpaired) electrons. The van der Waals surface area contributed by atoms with Crippen molar-refractivity contribution >= 4 is 17.6 Å². The number of ether oxygens (including phenoxy) is 1. The van der Waals surface area contributed by atoms with Crippen molar-refractivity contribution in [1.29, 1.82) is 0 Å². The van der Waals surface area contributed by atoms with E-state index in [1.165, 1.54) is 0 Å². The molecular weight excluding hydrogens is 380 g/mol. The third-order valence-corrected chi connectivity index (χ3v) is 4.27. The maximum Gasteiger partial charge on any atom is 0.338 e. The zero-order chi connectivity index (χ0) is 21.1. The third-order valence-electron chi connectivity index (χ3n) is 4.27. The van der Waals surface area contributed by atoms with E-state index in [-0.39, 0.29) is 5.56 Å². The molecule has 150 valence electrons. The first-order valence-corrected chi connectivity index (χ1v) is 8.81. The Morgan fingerprint density at radius 3 is 2.28 bits per heavy atom. The molecule has 0 aliphatic carbocycles. The number of rotatable bonds is 5. The van der Waals surface area contributed by atoms with Crippen LogP contribution in [0.4, 0.5) is 14.5 Å². The molecule has 0 fully saturated rings. The zero-order valence-electron chi connectivity index (χ0n) is 16.1. The quantitative estimate of drug-likeness (QED) is 0.661. The minimum atomic E-state index is -0.998. The second-order valence-electron chi connectivity index (χ2n) is 6.58. The molecule has 1 N–H and O–H groups in total. The summed E-state index contributed by atoms with van der Waals surface area (Å²) in [5.74, 6) is -3.40. The molecule has 0 saturated heterocycles. The SMILES string of the molecule is Cc1ccc(-n2nc(C)c(NC(=O)COC(=O)c3cc(F)cc(F)c3)c2C)cc1. The third kappa shape index (κ3) is 4.66. The summed E-state index contributed by atoms with van der Waals surface area (Å²) in [7, 11) is 0. The van der Waals surface area contributed by atoms with Gasteiger partial charge in [0.15, 0.2) is 6.61 Å². The molecule has 6 nitrogen and oxygen atoms in total. The standard InChI is InChI=1S/C21H19F2N3O3/c1-12-4-6-18(7-5-12)26-14(3)20(13(2)25-26)24-19(27)11-29-21(28)15-8-16(22)10-17(23)9-15/h4-10H,11H2,1-3H3,(H,24,27). The number of nitrogens with one attached hydrogen (secondary N) is 1. The van der Waals surface area contributed by atoms with E-state index in [4.69, 9.17) is 4.74 Å². The Balaban J connectivity index is 1.68. The minimum Gasteiger partial charge on any atom is -0.452 e. The number of benzene rings is 2. The Bertz CT molecular complexity index is 1060. The van der Waals surface area contributed by atoms with Crippen molar-refractivity contribution in [1.82, 2.24) is 9.78 Å². The average Bonchev–Trinajstić information content (AvgIpc) is 2.94. The highest BCUT2D eigenvalue weighted by molar-refractivity contribution is 5.96. The Labute approximate surface area is 166 Å². The van der Waals surface area contributed by atoms with Gasteiger partial charge in [0.25, 0.3) is 5.91 Å². The van der Waals surface area contributed by atoms with Gasteiger partial charge in [-0.1, -0.05) is 17.7 Å². The second-order valence-corrected chi connectivity index (χ2v) is 6.58. The van der Waals surface area contributed by atoms with E-state index in [0.29, 0.717) is 23.1 Å². The van der Waals surface area contributed by atoms with E-state index in [1.807, 2.05) is 31.2 Å². The van der Waals surface area contributed by atoms with Gasteiger partial charge in [0.05, 0.1) is 28.3 Å². The average molecular weight is 399 g/mol. The number of esters is 1. The summed E-state index contributed by atoms with van der Waals surface area (Å²) >= 11 is 0. The summed E-state index contributed by atoms with van der Waals surface area (Å²) in [4.78, 5) is 24.1. The van der Waals surface area contributed by atoms with E-state index in [2.05, 4.69) is 10.4 Å². The number of halogens is 2. The molecule has 0 atom stereocenters. The summed E-state index contributed by atoms with van der Waals surface area (Å²) in [5, 5.41) is 7.10. The van der Waals surface area contributed by atoms with Crippen LogP contribution < -0.4 is 5.32 Å². The van der Waals surface area contributed by atoms with Crippen LogP contribution in [0, 0.1) is 32.4 Å². The number of amides is 1. The minimum absolute atomic E-state index is 0.310. The van der Waals surface area contributed by atoms with Crippen LogP contribution in [-0.4, -0.2) is 28.3 Å². The smallest absolute Gasteiger partial charge is 0.338 e. The molecular formula is C21H19F2N3O3. The molecule has 3 rings (SSSR count). The zero-order valence-corrected chi connectivity index (χ0v) is 16.1. The van der Waals surface area contributed by atoms with Gasteiger partial charge in [-0.2, -0.15) is 5.10 Å². The fourth-order valence-corrected chi connectivity index (χ4v) is 2.82. The molecule has 3 aromatic rings. The first-order chi connectivity index (χ1) is 13.7. The molecule has 0 aliphatic heterocycles. The van der Waals surface area contributed by atoms with Crippen molar-refractivity contribution in [2.45, 2.75) is 20.8 Å². The number of nitrogens with zero attached hydrogens (tertiary/aromatic N) is 2. The summed E-state index contributed by atoms with van der Waals surface area (Å²) < 4.78 is 32.9. The highest BCUT2D eigenvalue weighted by Gasteiger charge is 2.17. The molecule has 0 saturated carbocycles. The van der Waals surface area contributed by atoms with Crippen LogP contribution in [0.3, 0.4) is 0 Å². The Morgan fingerprint density at radius 1 is 1.03 bits per heavy atom. The van der Waals surface area contributed by atoms with Gasteiger partial charge in [0.1, 0.15) is 11.6 Å². The first-order valence-electron chi connectivity index (χ1n) is 8.81. The van der Waals surface area contributed by atoms with Gasteiger partial charge in [-0.25, -0.2) is 18.3 Å². The van der Waals surface area contributed by atoms with Crippen molar-refractivity contribution in [3.8, 4) is 5.69 Å². The Morgan fingerprint density at radius 2 is 1.66 bits per heavy atom. The molecule has 0 unspecified atom stereocenters. The van der Waals surface area contributed by atoms with Gasteiger partial charge in [0.2, 0.25) is 0 Å². The van der Waals surface area contributed by atoms with E-state index in [1.54, 1.807) is 18.5 Å². The highest BCUT2D eigenvalue weighted by Crippen LogP contribution is 2.23. The van der Waals surface area contributed by atoms with Gasteiger partial charge in [-0.15, -0.1) is 0 Å². The van der Waals surface area contributed by atoms with Gasteiger partial charge >= 0.3 is 5.97 Å². The largest absolute Gasteiger partial charge is 0.452 e. The highest BCUT2D eigenvalue weighted by atomic mass is 19.1. The monoisotopic (exact) mass is 399 g/mol. The fraction of sp³-hybridized carbons (Fsp3) is 0.190. The van der Waals surface area contributed by atoms with Crippen molar-refractivity contribution in [3.63, 3.8) is 0 Å². The number of aryl methyl sites for hydroxylation is 2. The molecule has 1 aromatic heterocycles. The lowest BCUT2D eigenvalue weighted by atomic mass is 10.2. The molecule has 1 amide bonds. The van der Waals surface area contributed by atoms with Crippen LogP contribution >= 0.6 is 0 Å². The van der Waals surface area contributed by atoms with Crippen LogP contribution in [-0.2, 0) is 9.53 Å². The van der Waals surface area contributed by atoms with E-state index >= 15 is 0 Å². The summed E-state index contributed by atoms with van der Waals surface area (Å²) in [6.07, 6.45) is 0. The molecule has 0 aliphatic rings. The maximum absolute atomic E-state index is 13.2. The van der Waals surface area contributed by atoms with Gasteiger partial charge in [0, 0.05) is 6.07 Å².